The van der Waals surface area contributed by atoms with Crippen molar-refractivity contribution in [2.45, 2.75) is 33.2 Å². The minimum atomic E-state index is -3.48. The second-order valence-corrected chi connectivity index (χ2v) is 7.25. The van der Waals surface area contributed by atoms with Crippen LogP contribution in [-0.4, -0.2) is 44.4 Å². The Labute approximate surface area is 126 Å². The first-order valence-electron chi connectivity index (χ1n) is 7.24. The zero-order chi connectivity index (χ0) is 15.5. The molecular formula is C13H24N4O3S. The van der Waals surface area contributed by atoms with E-state index in [4.69, 9.17) is 4.42 Å². The average molecular weight is 316 g/mol. The van der Waals surface area contributed by atoms with Crippen molar-refractivity contribution in [1.82, 2.24) is 19.3 Å². The second kappa shape index (κ2) is 6.87. The van der Waals surface area contributed by atoms with Crippen LogP contribution in [0.25, 0.3) is 0 Å². The highest BCUT2D eigenvalue weighted by Gasteiger charge is 2.28. The maximum atomic E-state index is 12.3. The molecule has 8 heteroatoms. The van der Waals surface area contributed by atoms with Gasteiger partial charge in [0.25, 0.3) is 10.2 Å². The lowest BCUT2D eigenvalue weighted by Gasteiger charge is -2.31. The summed E-state index contributed by atoms with van der Waals surface area (Å²) in [6.45, 7) is 5.70. The molecule has 1 unspecified atom stereocenters. The fourth-order valence-corrected chi connectivity index (χ4v) is 3.82. The Morgan fingerprint density at radius 1 is 1.43 bits per heavy atom. The summed E-state index contributed by atoms with van der Waals surface area (Å²) in [7, 11) is -1.59. The highest BCUT2D eigenvalue weighted by molar-refractivity contribution is 7.87. The van der Waals surface area contributed by atoms with Crippen molar-refractivity contribution < 1.29 is 12.8 Å². The first-order chi connectivity index (χ1) is 9.92. The molecule has 0 bridgehead atoms. The largest absolute Gasteiger partial charge is 0.444 e. The van der Waals surface area contributed by atoms with Gasteiger partial charge < -0.3 is 9.73 Å². The highest BCUT2D eigenvalue weighted by atomic mass is 32.2. The number of aromatic nitrogens is 1. The number of rotatable bonds is 6. The molecule has 2 heterocycles. The Bertz CT molecular complexity index is 548. The summed E-state index contributed by atoms with van der Waals surface area (Å²) < 4.78 is 34.1. The monoisotopic (exact) mass is 316 g/mol. The van der Waals surface area contributed by atoms with Gasteiger partial charge in [0.05, 0.1) is 12.2 Å². The molecule has 1 aromatic heterocycles. The van der Waals surface area contributed by atoms with E-state index in [9.17, 15) is 8.42 Å². The van der Waals surface area contributed by atoms with E-state index in [1.165, 1.54) is 4.31 Å². The average Bonchev–Trinajstić information content (AvgIpc) is 2.77. The first kappa shape index (κ1) is 16.4. The molecule has 2 rings (SSSR count). The van der Waals surface area contributed by atoms with E-state index in [-0.39, 0.29) is 6.54 Å². The third kappa shape index (κ3) is 4.26. The van der Waals surface area contributed by atoms with Gasteiger partial charge in [-0.1, -0.05) is 0 Å². The Hall–Kier alpha value is -0.960. The summed E-state index contributed by atoms with van der Waals surface area (Å²) >= 11 is 0. The van der Waals surface area contributed by atoms with Gasteiger partial charge in [-0.15, -0.1) is 0 Å². The van der Waals surface area contributed by atoms with Gasteiger partial charge in [0, 0.05) is 13.1 Å². The molecule has 0 aliphatic carbocycles. The number of nitrogens with one attached hydrogen (secondary N) is 2. The molecule has 0 saturated carbocycles. The van der Waals surface area contributed by atoms with Gasteiger partial charge in [-0.05, 0) is 46.2 Å². The Kier molecular flexibility index (Phi) is 5.37. The lowest BCUT2D eigenvalue weighted by Crippen LogP contribution is -2.47. The Morgan fingerprint density at radius 2 is 2.19 bits per heavy atom. The Morgan fingerprint density at radius 3 is 2.81 bits per heavy atom. The molecule has 7 nitrogen and oxygen atoms in total. The number of piperidine rings is 1. The molecule has 120 valence electrons. The summed E-state index contributed by atoms with van der Waals surface area (Å²) in [5.41, 5.74) is 0.788. The van der Waals surface area contributed by atoms with Crippen LogP contribution in [0.2, 0.25) is 0 Å². The van der Waals surface area contributed by atoms with Gasteiger partial charge >= 0.3 is 0 Å². The number of oxazole rings is 1. The van der Waals surface area contributed by atoms with Crippen molar-refractivity contribution >= 4 is 10.2 Å². The van der Waals surface area contributed by atoms with Crippen LogP contribution in [0.5, 0.6) is 0 Å². The van der Waals surface area contributed by atoms with E-state index >= 15 is 0 Å². The fourth-order valence-electron chi connectivity index (χ4n) is 2.56. The maximum Gasteiger partial charge on any atom is 0.279 e. The molecular weight excluding hydrogens is 292 g/mol. The molecule has 1 fully saturated rings. The SMILES string of the molecule is CNCC1CCCN(S(=O)(=O)NCc2nc(C)c(C)o2)C1. The number of hydrogen-bond acceptors (Lipinski definition) is 5. The smallest absolute Gasteiger partial charge is 0.279 e. The zero-order valence-corrected chi connectivity index (χ0v) is 13.7. The van der Waals surface area contributed by atoms with Crippen LogP contribution >= 0.6 is 0 Å². The van der Waals surface area contributed by atoms with Gasteiger partial charge in [0.15, 0.2) is 0 Å². The van der Waals surface area contributed by atoms with Crippen LogP contribution in [-0.2, 0) is 16.8 Å². The fraction of sp³-hybridized carbons (Fsp3) is 0.769. The minimum Gasteiger partial charge on any atom is -0.444 e. The quantitative estimate of drug-likeness (QED) is 0.800. The van der Waals surface area contributed by atoms with Crippen molar-refractivity contribution in [3.8, 4) is 0 Å². The second-order valence-electron chi connectivity index (χ2n) is 5.50. The van der Waals surface area contributed by atoms with Crippen molar-refractivity contribution in [3.63, 3.8) is 0 Å². The zero-order valence-electron chi connectivity index (χ0n) is 12.8. The van der Waals surface area contributed by atoms with Gasteiger partial charge in [-0.3, -0.25) is 0 Å². The van der Waals surface area contributed by atoms with Crippen LogP contribution in [0.15, 0.2) is 4.42 Å². The van der Waals surface area contributed by atoms with E-state index in [0.717, 1.165) is 30.8 Å². The predicted molar refractivity (Wildman–Crippen MR) is 80.0 cm³/mol. The van der Waals surface area contributed by atoms with E-state index in [2.05, 4.69) is 15.0 Å². The summed E-state index contributed by atoms with van der Waals surface area (Å²) in [4.78, 5) is 4.18. The molecule has 2 N–H and O–H groups in total. The van der Waals surface area contributed by atoms with Crippen molar-refractivity contribution in [1.29, 1.82) is 0 Å². The topological polar surface area (TPSA) is 87.5 Å². The van der Waals surface area contributed by atoms with Crippen LogP contribution in [0.3, 0.4) is 0 Å². The molecule has 0 spiro atoms. The standard InChI is InChI=1S/C13H24N4O3S/c1-10-11(2)20-13(16-10)8-15-21(18,19)17-6-4-5-12(9-17)7-14-3/h12,14-15H,4-9H2,1-3H3. The summed E-state index contributed by atoms with van der Waals surface area (Å²) in [6.07, 6.45) is 1.95. The van der Waals surface area contributed by atoms with Crippen molar-refractivity contribution in [2.24, 2.45) is 5.92 Å². The molecule has 1 aliphatic heterocycles. The Balaban J connectivity index is 1.94. The molecule has 21 heavy (non-hydrogen) atoms. The van der Waals surface area contributed by atoms with Crippen LogP contribution in [0, 0.1) is 19.8 Å². The predicted octanol–water partition coefficient (Wildman–Crippen LogP) is 0.557. The van der Waals surface area contributed by atoms with Crippen LogP contribution in [0.4, 0.5) is 0 Å². The lowest BCUT2D eigenvalue weighted by atomic mass is 10.00. The minimum absolute atomic E-state index is 0.0875. The van der Waals surface area contributed by atoms with Gasteiger partial charge in [-0.25, -0.2) is 4.98 Å². The third-order valence-electron chi connectivity index (χ3n) is 3.79. The number of hydrogen-bond donors (Lipinski definition) is 2. The molecule has 1 saturated heterocycles. The molecule has 0 amide bonds. The van der Waals surface area contributed by atoms with Crippen LogP contribution < -0.4 is 10.0 Å². The van der Waals surface area contributed by atoms with Crippen molar-refractivity contribution in [2.75, 3.05) is 26.7 Å². The normalized spacial score (nSPS) is 20.8. The number of aryl methyl sites for hydroxylation is 2. The summed E-state index contributed by atoms with van der Waals surface area (Å²) in [5.74, 6) is 1.49. The van der Waals surface area contributed by atoms with Crippen molar-refractivity contribution in [3.05, 3.63) is 17.3 Å². The van der Waals surface area contributed by atoms with Gasteiger partial charge in [0.1, 0.15) is 5.76 Å². The highest BCUT2D eigenvalue weighted by Crippen LogP contribution is 2.18. The molecule has 1 aliphatic rings. The van der Waals surface area contributed by atoms with E-state index in [1.54, 1.807) is 0 Å². The number of nitrogens with zero attached hydrogens (tertiary/aromatic N) is 2. The lowest BCUT2D eigenvalue weighted by molar-refractivity contribution is 0.260. The van der Waals surface area contributed by atoms with Gasteiger partial charge in [0.2, 0.25) is 5.89 Å². The molecule has 1 aromatic rings. The third-order valence-corrected chi connectivity index (χ3v) is 5.31. The van der Waals surface area contributed by atoms with E-state index in [1.807, 2.05) is 20.9 Å². The summed E-state index contributed by atoms with van der Waals surface area (Å²) in [6, 6.07) is 0. The van der Waals surface area contributed by atoms with Gasteiger partial charge in [-0.2, -0.15) is 17.4 Å². The molecule has 0 radical (unpaired) electrons. The molecule has 0 aromatic carbocycles. The van der Waals surface area contributed by atoms with E-state index < -0.39 is 10.2 Å². The van der Waals surface area contributed by atoms with Crippen LogP contribution in [0.1, 0.15) is 30.2 Å². The van der Waals surface area contributed by atoms with E-state index in [0.29, 0.717) is 24.9 Å². The maximum absolute atomic E-state index is 12.3. The first-order valence-corrected chi connectivity index (χ1v) is 8.68. The summed E-state index contributed by atoms with van der Waals surface area (Å²) in [5, 5.41) is 3.11. The molecule has 1 atom stereocenters.